The molecule has 0 fully saturated rings. The van der Waals surface area contributed by atoms with Crippen LogP contribution in [0.25, 0.3) is 0 Å². The lowest BCUT2D eigenvalue weighted by atomic mass is 9.92. The predicted octanol–water partition coefficient (Wildman–Crippen LogP) is 4.59. The summed E-state index contributed by atoms with van der Waals surface area (Å²) in [7, 11) is 1.81. The molecule has 30 heavy (non-hydrogen) atoms. The molecule has 2 unspecified atom stereocenters. The van der Waals surface area contributed by atoms with Crippen molar-refractivity contribution in [1.82, 2.24) is 15.8 Å². The van der Waals surface area contributed by atoms with Gasteiger partial charge < -0.3 is 15.2 Å². The van der Waals surface area contributed by atoms with Gasteiger partial charge in [0, 0.05) is 37.5 Å². The minimum Gasteiger partial charge on any atom is -0.361 e. The molecule has 1 heterocycles. The summed E-state index contributed by atoms with van der Waals surface area (Å²) in [5.41, 5.74) is 4.79. The zero-order chi connectivity index (χ0) is 21.3. The summed E-state index contributed by atoms with van der Waals surface area (Å²) in [6.45, 7) is 7.70. The van der Waals surface area contributed by atoms with Gasteiger partial charge in [-0.1, -0.05) is 72.7 Å². The van der Waals surface area contributed by atoms with Gasteiger partial charge in [-0.15, -0.1) is 0 Å². The van der Waals surface area contributed by atoms with Crippen molar-refractivity contribution < 1.29 is 4.52 Å². The van der Waals surface area contributed by atoms with Crippen LogP contribution in [0.5, 0.6) is 0 Å². The van der Waals surface area contributed by atoms with Crippen LogP contribution < -0.4 is 10.6 Å². The van der Waals surface area contributed by atoms with E-state index in [1.54, 1.807) is 0 Å². The highest BCUT2D eigenvalue weighted by Gasteiger charge is 2.17. The van der Waals surface area contributed by atoms with Crippen molar-refractivity contribution in [2.75, 3.05) is 20.1 Å². The van der Waals surface area contributed by atoms with Gasteiger partial charge >= 0.3 is 0 Å². The van der Waals surface area contributed by atoms with Gasteiger partial charge in [0.2, 0.25) is 0 Å². The van der Waals surface area contributed by atoms with E-state index in [4.69, 9.17) is 4.52 Å². The van der Waals surface area contributed by atoms with Crippen LogP contribution in [0.2, 0.25) is 0 Å². The third-order valence-corrected chi connectivity index (χ3v) is 5.49. The highest BCUT2D eigenvalue weighted by atomic mass is 16.5. The molecule has 2 aromatic carbocycles. The van der Waals surface area contributed by atoms with Crippen LogP contribution in [0.3, 0.4) is 0 Å². The van der Waals surface area contributed by atoms with Gasteiger partial charge in [-0.05, 0) is 31.4 Å². The van der Waals surface area contributed by atoms with Crippen molar-refractivity contribution >= 4 is 5.96 Å². The molecular weight excluding hydrogens is 372 g/mol. The molecule has 2 atom stereocenters. The minimum absolute atomic E-state index is 0.282. The third kappa shape index (κ3) is 5.72. The van der Waals surface area contributed by atoms with Crippen molar-refractivity contribution in [3.8, 4) is 0 Å². The number of benzene rings is 2. The molecule has 0 saturated heterocycles. The topological polar surface area (TPSA) is 62.5 Å². The molecule has 1 aromatic heterocycles. The molecule has 3 rings (SSSR count). The number of aryl methyl sites for hydroxylation is 2. The van der Waals surface area contributed by atoms with E-state index < -0.39 is 0 Å². The quantitative estimate of drug-likeness (QED) is 0.426. The molecule has 2 N–H and O–H groups in total. The average molecular weight is 405 g/mol. The maximum Gasteiger partial charge on any atom is 0.191 e. The zero-order valence-electron chi connectivity index (χ0n) is 18.4. The Labute approximate surface area is 179 Å². The number of nitrogens with zero attached hydrogens (tertiary/aromatic N) is 2. The molecule has 0 radical (unpaired) electrons. The number of rotatable bonds is 8. The summed E-state index contributed by atoms with van der Waals surface area (Å²) >= 11 is 0. The van der Waals surface area contributed by atoms with Gasteiger partial charge in [-0.2, -0.15) is 0 Å². The second-order valence-electron chi connectivity index (χ2n) is 7.77. The van der Waals surface area contributed by atoms with Crippen LogP contribution in [0.4, 0.5) is 0 Å². The molecule has 0 aliphatic rings. The van der Waals surface area contributed by atoms with Crippen molar-refractivity contribution in [3.63, 3.8) is 0 Å². The average Bonchev–Trinajstić information content (AvgIpc) is 3.12. The molecule has 0 amide bonds. The van der Waals surface area contributed by atoms with Gasteiger partial charge in [0.25, 0.3) is 0 Å². The normalized spacial score (nSPS) is 13.7. The molecule has 3 aromatic rings. The van der Waals surface area contributed by atoms with Crippen LogP contribution in [0.1, 0.15) is 46.9 Å². The van der Waals surface area contributed by atoms with E-state index in [2.05, 4.69) is 88.4 Å². The van der Waals surface area contributed by atoms with Gasteiger partial charge in [-0.25, -0.2) is 0 Å². The van der Waals surface area contributed by atoms with Crippen LogP contribution in [0.15, 0.2) is 70.2 Å². The Bertz CT molecular complexity index is 915. The molecule has 0 bridgehead atoms. The maximum absolute atomic E-state index is 5.31. The van der Waals surface area contributed by atoms with Crippen molar-refractivity contribution in [3.05, 3.63) is 88.8 Å². The van der Waals surface area contributed by atoms with E-state index in [1.807, 2.05) is 20.9 Å². The molecule has 0 aliphatic heterocycles. The first-order valence-electron chi connectivity index (χ1n) is 10.5. The second-order valence-corrected chi connectivity index (χ2v) is 7.77. The minimum atomic E-state index is 0.282. The van der Waals surface area contributed by atoms with Gasteiger partial charge in [0.05, 0.1) is 5.69 Å². The summed E-state index contributed by atoms with van der Waals surface area (Å²) < 4.78 is 5.31. The van der Waals surface area contributed by atoms with Crippen LogP contribution in [0, 0.1) is 13.8 Å². The maximum atomic E-state index is 5.31. The number of guanidine groups is 1. The molecule has 5 heteroatoms. The zero-order valence-corrected chi connectivity index (χ0v) is 18.4. The van der Waals surface area contributed by atoms with Crippen molar-refractivity contribution in [1.29, 1.82) is 0 Å². The van der Waals surface area contributed by atoms with E-state index in [-0.39, 0.29) is 5.92 Å². The number of hydrogen-bond acceptors (Lipinski definition) is 3. The lowest BCUT2D eigenvalue weighted by Crippen LogP contribution is -2.41. The van der Waals surface area contributed by atoms with E-state index in [9.17, 15) is 0 Å². The first kappa shape index (κ1) is 21.6. The Morgan fingerprint density at radius 2 is 1.60 bits per heavy atom. The molecular formula is C25H32N4O. The highest BCUT2D eigenvalue weighted by molar-refractivity contribution is 5.79. The Morgan fingerprint density at radius 3 is 2.20 bits per heavy atom. The molecule has 0 saturated carbocycles. The number of aliphatic imine (C=N–C) groups is 1. The largest absolute Gasteiger partial charge is 0.361 e. The second kappa shape index (κ2) is 10.6. The monoisotopic (exact) mass is 404 g/mol. The summed E-state index contributed by atoms with van der Waals surface area (Å²) in [5.74, 6) is 2.33. The first-order valence-corrected chi connectivity index (χ1v) is 10.5. The van der Waals surface area contributed by atoms with E-state index in [0.717, 1.165) is 36.9 Å². The van der Waals surface area contributed by atoms with Crippen molar-refractivity contribution in [2.45, 2.75) is 39.0 Å². The van der Waals surface area contributed by atoms with Gasteiger partial charge in [-0.3, -0.25) is 4.99 Å². The van der Waals surface area contributed by atoms with Crippen LogP contribution in [-0.4, -0.2) is 31.3 Å². The highest BCUT2D eigenvalue weighted by Crippen LogP contribution is 2.22. The van der Waals surface area contributed by atoms with E-state index in [0.29, 0.717) is 5.92 Å². The number of hydrogen-bond donors (Lipinski definition) is 2. The van der Waals surface area contributed by atoms with E-state index >= 15 is 0 Å². The van der Waals surface area contributed by atoms with Crippen LogP contribution >= 0.6 is 0 Å². The molecule has 158 valence electrons. The SMILES string of the molecule is CN=C(NCC(C)c1c(C)noc1C)NCC(Cc1ccccc1)c1ccccc1. The summed E-state index contributed by atoms with van der Waals surface area (Å²) in [5, 5.41) is 11.0. The fourth-order valence-corrected chi connectivity index (χ4v) is 3.92. The van der Waals surface area contributed by atoms with E-state index in [1.165, 1.54) is 16.7 Å². The molecule has 0 spiro atoms. The summed E-state index contributed by atoms with van der Waals surface area (Å²) in [6.07, 6.45) is 0.977. The fraction of sp³-hybridized carbons (Fsp3) is 0.360. The van der Waals surface area contributed by atoms with Gasteiger partial charge in [0.15, 0.2) is 5.96 Å². The molecule has 0 aliphatic carbocycles. The Hall–Kier alpha value is -3.08. The fourth-order valence-electron chi connectivity index (χ4n) is 3.92. The standard InChI is InChI=1S/C25H32N4O/c1-18(24-19(2)29-30-20(24)3)16-27-25(26-4)28-17-23(22-13-9-6-10-14-22)15-21-11-7-5-8-12-21/h5-14,18,23H,15-17H2,1-4H3,(H2,26,27,28). The smallest absolute Gasteiger partial charge is 0.191 e. The summed E-state index contributed by atoms with van der Waals surface area (Å²) in [4.78, 5) is 4.41. The first-order chi connectivity index (χ1) is 14.6. The van der Waals surface area contributed by atoms with Crippen LogP contribution in [-0.2, 0) is 6.42 Å². The lowest BCUT2D eigenvalue weighted by molar-refractivity contribution is 0.391. The third-order valence-electron chi connectivity index (χ3n) is 5.49. The summed E-state index contributed by atoms with van der Waals surface area (Å²) in [6, 6.07) is 21.3. The Kier molecular flexibility index (Phi) is 7.66. The molecule has 5 nitrogen and oxygen atoms in total. The lowest BCUT2D eigenvalue weighted by Gasteiger charge is -2.21. The van der Waals surface area contributed by atoms with Gasteiger partial charge in [0.1, 0.15) is 5.76 Å². The predicted molar refractivity (Wildman–Crippen MR) is 123 cm³/mol. The Morgan fingerprint density at radius 1 is 0.967 bits per heavy atom. The van der Waals surface area contributed by atoms with Crippen molar-refractivity contribution in [2.24, 2.45) is 4.99 Å². The number of nitrogens with one attached hydrogen (secondary N) is 2. The number of aromatic nitrogens is 1. The Balaban J connectivity index is 1.61.